The van der Waals surface area contributed by atoms with Crippen molar-refractivity contribution in [2.75, 3.05) is 0 Å². The van der Waals surface area contributed by atoms with Crippen molar-refractivity contribution in [3.05, 3.63) is 45.3 Å². The van der Waals surface area contributed by atoms with E-state index in [1.807, 2.05) is 0 Å². The van der Waals surface area contributed by atoms with Crippen molar-refractivity contribution in [1.82, 2.24) is 0 Å². The van der Waals surface area contributed by atoms with Gasteiger partial charge in [0.1, 0.15) is 23.0 Å². The number of ketones is 1. The summed E-state index contributed by atoms with van der Waals surface area (Å²) in [5.74, 6) is -4.82. The van der Waals surface area contributed by atoms with E-state index >= 15 is 0 Å². The first kappa shape index (κ1) is 13.5. The number of hydrogen-bond donors (Lipinski definition) is 0. The van der Waals surface area contributed by atoms with Crippen LogP contribution in [-0.4, -0.2) is 10.7 Å². The van der Waals surface area contributed by atoms with Crippen LogP contribution in [0, 0.1) is 27.6 Å². The lowest BCUT2D eigenvalue weighted by Gasteiger charge is -2.28. The molecule has 1 fully saturated rings. The van der Waals surface area contributed by atoms with E-state index in [0.717, 1.165) is 0 Å². The molecule has 0 amide bonds. The molecule has 1 atom stereocenters. The van der Waals surface area contributed by atoms with Gasteiger partial charge >= 0.3 is 5.54 Å². The second-order valence-corrected chi connectivity index (χ2v) is 4.49. The molecule has 0 aliphatic heterocycles. The van der Waals surface area contributed by atoms with E-state index < -0.39 is 39.3 Å². The summed E-state index contributed by atoms with van der Waals surface area (Å²) in [4.78, 5) is 22.1. The second-order valence-electron chi connectivity index (χ2n) is 4.49. The van der Waals surface area contributed by atoms with Gasteiger partial charge in [-0.1, -0.05) is 0 Å². The van der Waals surface area contributed by atoms with Crippen LogP contribution in [-0.2, 0) is 10.3 Å². The molecule has 4 nitrogen and oxygen atoms in total. The Bertz CT molecular complexity index is 538. The van der Waals surface area contributed by atoms with Gasteiger partial charge in [-0.3, -0.25) is 14.9 Å². The minimum atomic E-state index is -2.43. The normalized spacial score (nSPS) is 23.4. The molecule has 1 unspecified atom stereocenters. The van der Waals surface area contributed by atoms with Crippen LogP contribution in [0.1, 0.15) is 31.2 Å². The van der Waals surface area contributed by atoms with Crippen LogP contribution < -0.4 is 0 Å². The van der Waals surface area contributed by atoms with Gasteiger partial charge in [0.2, 0.25) is 5.78 Å². The Morgan fingerprint density at radius 2 is 1.74 bits per heavy atom. The van der Waals surface area contributed by atoms with E-state index in [-0.39, 0.29) is 12.8 Å². The molecule has 0 heterocycles. The molecule has 1 aromatic rings. The summed E-state index contributed by atoms with van der Waals surface area (Å²) in [5, 5.41) is 11.2. The molecule has 0 aromatic heterocycles. The van der Waals surface area contributed by atoms with E-state index in [4.69, 9.17) is 0 Å². The standard InChI is InChI=1S/C12H10F3NO3/c13-7-5-8(14)11(9(15)6-7)12(16(18)19)4-2-1-3-10(12)17/h5-6H,1-4H2. The minimum absolute atomic E-state index is 0.114. The average molecular weight is 273 g/mol. The fraction of sp³-hybridized carbons (Fsp3) is 0.417. The zero-order valence-electron chi connectivity index (χ0n) is 9.79. The Kier molecular flexibility index (Phi) is 3.30. The first-order valence-corrected chi connectivity index (χ1v) is 5.72. The van der Waals surface area contributed by atoms with Gasteiger partial charge in [-0.25, -0.2) is 13.2 Å². The van der Waals surface area contributed by atoms with Gasteiger partial charge in [-0.05, 0) is 12.8 Å². The van der Waals surface area contributed by atoms with Crippen molar-refractivity contribution in [1.29, 1.82) is 0 Å². The molecular formula is C12H10F3NO3. The van der Waals surface area contributed by atoms with Crippen molar-refractivity contribution >= 4 is 5.78 Å². The second kappa shape index (κ2) is 4.64. The third-order valence-corrected chi connectivity index (χ3v) is 3.39. The Morgan fingerprint density at radius 1 is 1.16 bits per heavy atom. The van der Waals surface area contributed by atoms with Crippen molar-refractivity contribution in [2.45, 2.75) is 31.2 Å². The lowest BCUT2D eigenvalue weighted by Crippen LogP contribution is -2.47. The first-order valence-electron chi connectivity index (χ1n) is 5.72. The fourth-order valence-electron chi connectivity index (χ4n) is 2.50. The van der Waals surface area contributed by atoms with Crippen LogP contribution in [0.25, 0.3) is 0 Å². The summed E-state index contributed by atoms with van der Waals surface area (Å²) in [5.41, 5.74) is -3.39. The Balaban J connectivity index is 2.70. The minimum Gasteiger partial charge on any atom is -0.291 e. The Morgan fingerprint density at radius 3 is 2.21 bits per heavy atom. The molecule has 7 heteroatoms. The van der Waals surface area contributed by atoms with E-state index in [1.54, 1.807) is 0 Å². The molecule has 1 saturated carbocycles. The average Bonchev–Trinajstić information content (AvgIpc) is 2.29. The van der Waals surface area contributed by atoms with Crippen molar-refractivity contribution in [3.63, 3.8) is 0 Å². The third-order valence-electron chi connectivity index (χ3n) is 3.39. The monoisotopic (exact) mass is 273 g/mol. The lowest BCUT2D eigenvalue weighted by atomic mass is 9.75. The van der Waals surface area contributed by atoms with Gasteiger partial charge < -0.3 is 0 Å². The molecule has 0 saturated heterocycles. The SMILES string of the molecule is O=C1CCCCC1(c1c(F)cc(F)cc1F)[N+](=O)[O-]. The van der Waals surface area contributed by atoms with Crippen LogP contribution in [0.4, 0.5) is 13.2 Å². The number of halogens is 3. The maximum atomic E-state index is 13.7. The molecule has 19 heavy (non-hydrogen) atoms. The molecule has 0 radical (unpaired) electrons. The summed E-state index contributed by atoms with van der Waals surface area (Å²) < 4.78 is 40.3. The highest BCUT2D eigenvalue weighted by atomic mass is 19.1. The number of carbonyl (C=O) groups is 1. The molecular weight excluding hydrogens is 263 g/mol. The highest BCUT2D eigenvalue weighted by molar-refractivity contribution is 5.89. The van der Waals surface area contributed by atoms with Crippen molar-refractivity contribution < 1.29 is 22.9 Å². The smallest absolute Gasteiger partial charge is 0.291 e. The first-order chi connectivity index (χ1) is 8.89. The van der Waals surface area contributed by atoms with E-state index in [9.17, 15) is 28.1 Å². The number of carbonyl (C=O) groups excluding carboxylic acids is 1. The largest absolute Gasteiger partial charge is 0.309 e. The number of nitrogens with zero attached hydrogens (tertiary/aromatic N) is 1. The van der Waals surface area contributed by atoms with Crippen molar-refractivity contribution in [2.24, 2.45) is 0 Å². The Hall–Kier alpha value is -1.92. The molecule has 0 bridgehead atoms. The zero-order chi connectivity index (χ0) is 14.2. The Labute approximate surface area is 106 Å². The van der Waals surface area contributed by atoms with E-state index in [0.29, 0.717) is 25.0 Å². The molecule has 102 valence electrons. The van der Waals surface area contributed by atoms with Crippen LogP contribution in [0.3, 0.4) is 0 Å². The van der Waals surface area contributed by atoms with Crippen LogP contribution in [0.5, 0.6) is 0 Å². The van der Waals surface area contributed by atoms with Gasteiger partial charge in [0.05, 0.1) is 0 Å². The number of hydrogen-bond acceptors (Lipinski definition) is 3. The zero-order valence-corrected chi connectivity index (χ0v) is 9.79. The molecule has 0 N–H and O–H groups in total. The molecule has 1 aromatic carbocycles. The number of nitro groups is 1. The fourth-order valence-corrected chi connectivity index (χ4v) is 2.50. The topological polar surface area (TPSA) is 60.2 Å². The predicted molar refractivity (Wildman–Crippen MR) is 58.5 cm³/mol. The number of Topliss-reactive ketones (excluding diaryl/α,β-unsaturated/α-hetero) is 1. The lowest BCUT2D eigenvalue weighted by molar-refractivity contribution is -0.564. The maximum absolute atomic E-state index is 13.7. The number of rotatable bonds is 2. The molecule has 1 aliphatic rings. The van der Waals surface area contributed by atoms with Gasteiger partial charge in [0, 0.05) is 29.9 Å². The highest BCUT2D eigenvalue weighted by Gasteiger charge is 2.56. The quantitative estimate of drug-likeness (QED) is 0.615. The molecule has 2 rings (SSSR count). The van der Waals surface area contributed by atoms with Crippen molar-refractivity contribution in [3.8, 4) is 0 Å². The van der Waals surface area contributed by atoms with E-state index in [2.05, 4.69) is 0 Å². The van der Waals surface area contributed by atoms with Crippen LogP contribution >= 0.6 is 0 Å². The number of benzene rings is 1. The van der Waals surface area contributed by atoms with Crippen LogP contribution in [0.2, 0.25) is 0 Å². The van der Waals surface area contributed by atoms with E-state index in [1.165, 1.54) is 0 Å². The van der Waals surface area contributed by atoms with Crippen LogP contribution in [0.15, 0.2) is 12.1 Å². The molecule has 0 spiro atoms. The van der Waals surface area contributed by atoms with Gasteiger partial charge in [-0.2, -0.15) is 0 Å². The summed E-state index contributed by atoms with van der Waals surface area (Å²) >= 11 is 0. The molecule has 1 aliphatic carbocycles. The summed E-state index contributed by atoms with van der Waals surface area (Å²) in [6.45, 7) is 0. The summed E-state index contributed by atoms with van der Waals surface area (Å²) in [6.07, 6.45) is 0.359. The van der Waals surface area contributed by atoms with Gasteiger partial charge in [-0.15, -0.1) is 0 Å². The van der Waals surface area contributed by atoms with Gasteiger partial charge in [0.15, 0.2) is 0 Å². The summed E-state index contributed by atoms with van der Waals surface area (Å²) in [6, 6.07) is 0.705. The third kappa shape index (κ3) is 1.98. The predicted octanol–water partition coefficient (Wildman–Crippen LogP) is 2.72. The highest BCUT2D eigenvalue weighted by Crippen LogP contribution is 2.40. The maximum Gasteiger partial charge on any atom is 0.309 e. The van der Waals surface area contributed by atoms with Gasteiger partial charge in [0.25, 0.3) is 0 Å². The summed E-state index contributed by atoms with van der Waals surface area (Å²) in [7, 11) is 0.